The van der Waals surface area contributed by atoms with Crippen LogP contribution in [0.4, 0.5) is 5.69 Å². The van der Waals surface area contributed by atoms with Crippen LogP contribution in [-0.4, -0.2) is 18.4 Å². The zero-order valence-corrected chi connectivity index (χ0v) is 15.2. The van der Waals surface area contributed by atoms with Gasteiger partial charge in [-0.1, -0.05) is 28.1 Å². The molecule has 0 N–H and O–H groups in total. The first-order valence-corrected chi connectivity index (χ1v) is 8.58. The minimum atomic E-state index is -0.443. The smallest absolute Gasteiger partial charge is 0.316 e. The molecule has 0 bridgehead atoms. The van der Waals surface area contributed by atoms with Crippen LogP contribution in [0.5, 0.6) is 5.75 Å². The van der Waals surface area contributed by atoms with E-state index in [-0.39, 0.29) is 18.3 Å². The van der Waals surface area contributed by atoms with E-state index >= 15 is 0 Å². The number of benzene rings is 2. The molecule has 3 rings (SSSR count). The maximum atomic E-state index is 12.4. The molecule has 0 aliphatic carbocycles. The molecule has 1 atom stereocenters. The average molecular weight is 388 g/mol. The van der Waals surface area contributed by atoms with E-state index in [4.69, 9.17) is 4.74 Å². The highest BCUT2D eigenvalue weighted by molar-refractivity contribution is 9.10. The molecule has 24 heavy (non-hydrogen) atoms. The molecule has 1 aliphatic heterocycles. The molecule has 1 aliphatic rings. The van der Waals surface area contributed by atoms with Gasteiger partial charge in [-0.25, -0.2) is 0 Å². The van der Waals surface area contributed by atoms with E-state index in [9.17, 15) is 9.59 Å². The molecular weight excluding hydrogens is 370 g/mol. The Balaban J connectivity index is 1.73. The SMILES string of the molecule is Cc1ccc(C)c(N2C[C@H](C(=O)Oc3ccc(Br)cc3)CC2=O)c1. The van der Waals surface area contributed by atoms with Gasteiger partial charge in [0.1, 0.15) is 5.75 Å². The molecule has 2 aromatic carbocycles. The molecule has 1 fully saturated rings. The topological polar surface area (TPSA) is 46.6 Å². The minimum Gasteiger partial charge on any atom is -0.426 e. The van der Waals surface area contributed by atoms with Crippen molar-refractivity contribution < 1.29 is 14.3 Å². The summed E-state index contributed by atoms with van der Waals surface area (Å²) in [6.07, 6.45) is 0.183. The summed E-state index contributed by atoms with van der Waals surface area (Å²) in [6, 6.07) is 13.1. The molecule has 0 radical (unpaired) electrons. The maximum Gasteiger partial charge on any atom is 0.316 e. The van der Waals surface area contributed by atoms with E-state index in [0.717, 1.165) is 21.3 Å². The lowest BCUT2D eigenvalue weighted by Gasteiger charge is -2.19. The van der Waals surface area contributed by atoms with Crippen LogP contribution < -0.4 is 9.64 Å². The highest BCUT2D eigenvalue weighted by Crippen LogP contribution is 2.29. The fraction of sp³-hybridized carbons (Fsp3) is 0.263. The molecule has 0 spiro atoms. The molecule has 5 heteroatoms. The van der Waals surface area contributed by atoms with Crippen molar-refractivity contribution in [3.63, 3.8) is 0 Å². The number of nitrogens with zero attached hydrogens (tertiary/aromatic N) is 1. The summed E-state index contributed by atoms with van der Waals surface area (Å²) in [7, 11) is 0. The first-order chi connectivity index (χ1) is 11.4. The number of hydrogen-bond acceptors (Lipinski definition) is 3. The third-order valence-electron chi connectivity index (χ3n) is 4.15. The Morgan fingerprint density at radius 2 is 1.88 bits per heavy atom. The fourth-order valence-electron chi connectivity index (χ4n) is 2.81. The number of rotatable bonds is 3. The molecule has 1 saturated heterocycles. The number of esters is 1. The zero-order chi connectivity index (χ0) is 17.3. The standard InChI is InChI=1S/C19H18BrNO3/c1-12-3-4-13(2)17(9-12)21-11-14(10-18(21)22)19(23)24-16-7-5-15(20)6-8-16/h3-9,14H,10-11H2,1-2H3/t14-/m1/s1. The molecule has 2 aromatic rings. The summed E-state index contributed by atoms with van der Waals surface area (Å²) in [5.74, 6) is -0.359. The highest BCUT2D eigenvalue weighted by Gasteiger charge is 2.36. The Hall–Kier alpha value is -2.14. The zero-order valence-electron chi connectivity index (χ0n) is 13.6. The van der Waals surface area contributed by atoms with Gasteiger partial charge in [0.2, 0.25) is 5.91 Å². The predicted molar refractivity (Wildman–Crippen MR) is 96.2 cm³/mol. The Bertz CT molecular complexity index is 786. The van der Waals surface area contributed by atoms with Gasteiger partial charge in [-0.05, 0) is 55.3 Å². The van der Waals surface area contributed by atoms with Gasteiger partial charge in [0, 0.05) is 23.1 Å². The summed E-state index contributed by atoms with van der Waals surface area (Å²) < 4.78 is 6.32. The van der Waals surface area contributed by atoms with Crippen LogP contribution in [0, 0.1) is 19.8 Å². The van der Waals surface area contributed by atoms with Gasteiger partial charge in [0.15, 0.2) is 0 Å². The predicted octanol–water partition coefficient (Wildman–Crippen LogP) is 4.02. The van der Waals surface area contributed by atoms with Crippen molar-refractivity contribution >= 4 is 33.5 Å². The number of aryl methyl sites for hydroxylation is 2. The first kappa shape index (κ1) is 16.7. The second-order valence-corrected chi connectivity index (χ2v) is 6.99. The lowest BCUT2D eigenvalue weighted by molar-refractivity contribution is -0.139. The monoisotopic (exact) mass is 387 g/mol. The number of anilines is 1. The van der Waals surface area contributed by atoms with Crippen LogP contribution in [-0.2, 0) is 9.59 Å². The van der Waals surface area contributed by atoms with Crippen LogP contribution in [0.25, 0.3) is 0 Å². The first-order valence-electron chi connectivity index (χ1n) is 7.79. The highest BCUT2D eigenvalue weighted by atomic mass is 79.9. The number of amides is 1. The Morgan fingerprint density at radius 1 is 1.17 bits per heavy atom. The maximum absolute atomic E-state index is 12.4. The van der Waals surface area contributed by atoms with Gasteiger partial charge in [0.25, 0.3) is 0 Å². The summed E-state index contributed by atoms with van der Waals surface area (Å²) in [4.78, 5) is 26.4. The quantitative estimate of drug-likeness (QED) is 0.589. The second kappa shape index (κ2) is 6.77. The second-order valence-electron chi connectivity index (χ2n) is 6.07. The number of carbonyl (C=O) groups excluding carboxylic acids is 2. The molecular formula is C19H18BrNO3. The lowest BCUT2D eigenvalue weighted by Crippen LogP contribution is -2.27. The third kappa shape index (κ3) is 3.51. The van der Waals surface area contributed by atoms with Gasteiger partial charge in [-0.15, -0.1) is 0 Å². The normalized spacial score (nSPS) is 17.2. The van der Waals surface area contributed by atoms with Crippen molar-refractivity contribution in [2.45, 2.75) is 20.3 Å². The van der Waals surface area contributed by atoms with Gasteiger partial charge >= 0.3 is 5.97 Å². The molecule has 0 unspecified atom stereocenters. The summed E-state index contributed by atoms with van der Waals surface area (Å²) in [5.41, 5.74) is 2.99. The average Bonchev–Trinajstić information content (AvgIpc) is 2.94. The molecule has 1 heterocycles. The van der Waals surface area contributed by atoms with Crippen molar-refractivity contribution in [3.05, 3.63) is 58.1 Å². The number of carbonyl (C=O) groups is 2. The van der Waals surface area contributed by atoms with E-state index in [0.29, 0.717) is 12.3 Å². The molecule has 124 valence electrons. The van der Waals surface area contributed by atoms with Crippen LogP contribution in [0.3, 0.4) is 0 Å². The Labute approximate surface area is 149 Å². The molecule has 1 amide bonds. The van der Waals surface area contributed by atoms with Crippen LogP contribution >= 0.6 is 15.9 Å². The molecule has 0 saturated carbocycles. The van der Waals surface area contributed by atoms with Crippen molar-refractivity contribution in [3.8, 4) is 5.75 Å². The van der Waals surface area contributed by atoms with E-state index in [1.54, 1.807) is 17.0 Å². The third-order valence-corrected chi connectivity index (χ3v) is 4.67. The number of hydrogen-bond donors (Lipinski definition) is 0. The van der Waals surface area contributed by atoms with Crippen molar-refractivity contribution in [1.29, 1.82) is 0 Å². The molecule has 4 nitrogen and oxygen atoms in total. The van der Waals surface area contributed by atoms with E-state index in [1.807, 2.05) is 44.2 Å². The van der Waals surface area contributed by atoms with Gasteiger partial charge in [-0.3, -0.25) is 9.59 Å². The van der Waals surface area contributed by atoms with Crippen molar-refractivity contribution in [2.24, 2.45) is 5.92 Å². The number of ether oxygens (including phenoxy) is 1. The van der Waals surface area contributed by atoms with Crippen LogP contribution in [0.2, 0.25) is 0 Å². The van der Waals surface area contributed by atoms with E-state index in [2.05, 4.69) is 15.9 Å². The van der Waals surface area contributed by atoms with Gasteiger partial charge < -0.3 is 9.64 Å². The Kier molecular flexibility index (Phi) is 4.71. The van der Waals surface area contributed by atoms with Crippen molar-refractivity contribution in [2.75, 3.05) is 11.4 Å². The van der Waals surface area contributed by atoms with Gasteiger partial charge in [-0.2, -0.15) is 0 Å². The molecule has 0 aromatic heterocycles. The summed E-state index contributed by atoms with van der Waals surface area (Å²) in [6.45, 7) is 4.32. The van der Waals surface area contributed by atoms with Crippen molar-refractivity contribution in [1.82, 2.24) is 0 Å². The van der Waals surface area contributed by atoms with E-state index < -0.39 is 5.92 Å². The number of halogens is 1. The lowest BCUT2D eigenvalue weighted by atomic mass is 10.1. The fourth-order valence-corrected chi connectivity index (χ4v) is 3.07. The minimum absolute atomic E-state index is 0.0403. The largest absolute Gasteiger partial charge is 0.426 e. The summed E-state index contributed by atoms with van der Waals surface area (Å²) in [5, 5.41) is 0. The van der Waals surface area contributed by atoms with E-state index in [1.165, 1.54) is 0 Å². The van der Waals surface area contributed by atoms with Crippen LogP contribution in [0.15, 0.2) is 46.9 Å². The Morgan fingerprint density at radius 3 is 2.58 bits per heavy atom. The summed E-state index contributed by atoms with van der Waals surface area (Å²) >= 11 is 3.34. The van der Waals surface area contributed by atoms with Crippen LogP contribution in [0.1, 0.15) is 17.5 Å². The van der Waals surface area contributed by atoms with Gasteiger partial charge in [0.05, 0.1) is 5.92 Å².